The fourth-order valence-corrected chi connectivity index (χ4v) is 6.63. The van der Waals surface area contributed by atoms with Crippen molar-refractivity contribution in [3.8, 4) is 0 Å². The SMILES string of the molecule is CCC1CCCCN1S(=O)(=O)c1ccc(C(=O)Nc2sc(C)c(C)c2C(N)=O)cc1. The molecule has 1 atom stereocenters. The van der Waals surface area contributed by atoms with Crippen molar-refractivity contribution in [1.82, 2.24) is 4.31 Å². The van der Waals surface area contributed by atoms with Crippen LogP contribution in [0, 0.1) is 13.8 Å². The van der Waals surface area contributed by atoms with Crippen molar-refractivity contribution in [2.24, 2.45) is 5.73 Å². The lowest BCUT2D eigenvalue weighted by atomic mass is 10.0. The fourth-order valence-electron chi connectivity index (χ4n) is 3.80. The number of thiophene rings is 1. The first kappa shape index (κ1) is 22.5. The van der Waals surface area contributed by atoms with Gasteiger partial charge in [-0.05, 0) is 62.9 Å². The first-order valence-electron chi connectivity index (χ1n) is 9.99. The molecule has 7 nitrogen and oxygen atoms in total. The molecule has 1 unspecified atom stereocenters. The molecule has 0 saturated carbocycles. The molecule has 1 aliphatic rings. The van der Waals surface area contributed by atoms with Gasteiger partial charge in [0.25, 0.3) is 11.8 Å². The van der Waals surface area contributed by atoms with E-state index in [9.17, 15) is 18.0 Å². The number of hydrogen-bond donors (Lipinski definition) is 2. The van der Waals surface area contributed by atoms with E-state index in [2.05, 4.69) is 5.32 Å². The highest BCUT2D eigenvalue weighted by Gasteiger charge is 2.32. The molecule has 1 saturated heterocycles. The third-order valence-corrected chi connectivity index (χ3v) is 8.71. The number of benzene rings is 1. The molecule has 0 bridgehead atoms. The largest absolute Gasteiger partial charge is 0.365 e. The molecule has 3 rings (SSSR count). The smallest absolute Gasteiger partial charge is 0.256 e. The van der Waals surface area contributed by atoms with Gasteiger partial charge in [-0.1, -0.05) is 13.3 Å². The normalized spacial score (nSPS) is 17.6. The maximum absolute atomic E-state index is 13.1. The summed E-state index contributed by atoms with van der Waals surface area (Å²) >= 11 is 1.29. The molecule has 2 amide bonds. The Bertz CT molecular complexity index is 1060. The monoisotopic (exact) mass is 449 g/mol. The lowest BCUT2D eigenvalue weighted by molar-refractivity contribution is 0.100. The quantitative estimate of drug-likeness (QED) is 0.701. The van der Waals surface area contributed by atoms with Gasteiger partial charge in [0.05, 0.1) is 10.5 Å². The number of carbonyl (C=O) groups excluding carboxylic acids is 2. The second-order valence-corrected chi connectivity index (χ2v) is 10.6. The first-order chi connectivity index (χ1) is 14.2. The number of primary amides is 1. The number of rotatable bonds is 6. The van der Waals surface area contributed by atoms with Crippen molar-refractivity contribution in [3.63, 3.8) is 0 Å². The summed E-state index contributed by atoms with van der Waals surface area (Å²) in [4.78, 5) is 25.5. The maximum Gasteiger partial charge on any atom is 0.256 e. The van der Waals surface area contributed by atoms with E-state index in [-0.39, 0.29) is 10.9 Å². The third-order valence-electron chi connectivity index (χ3n) is 5.63. The molecule has 2 heterocycles. The molecule has 30 heavy (non-hydrogen) atoms. The van der Waals surface area contributed by atoms with Crippen molar-refractivity contribution < 1.29 is 18.0 Å². The van der Waals surface area contributed by atoms with E-state index < -0.39 is 21.8 Å². The average Bonchev–Trinajstić information content (AvgIpc) is 3.01. The summed E-state index contributed by atoms with van der Waals surface area (Å²) in [5.74, 6) is -1.02. The highest BCUT2D eigenvalue weighted by Crippen LogP contribution is 2.32. The minimum Gasteiger partial charge on any atom is -0.365 e. The van der Waals surface area contributed by atoms with E-state index in [1.165, 1.54) is 35.6 Å². The van der Waals surface area contributed by atoms with Crippen LogP contribution in [0.25, 0.3) is 0 Å². The van der Waals surface area contributed by atoms with Crippen LogP contribution in [0.5, 0.6) is 0 Å². The van der Waals surface area contributed by atoms with Crippen LogP contribution in [-0.2, 0) is 10.0 Å². The van der Waals surface area contributed by atoms with Crippen LogP contribution in [0.4, 0.5) is 5.00 Å². The van der Waals surface area contributed by atoms with Crippen LogP contribution in [0.1, 0.15) is 63.8 Å². The zero-order valence-electron chi connectivity index (χ0n) is 17.4. The van der Waals surface area contributed by atoms with Crippen LogP contribution < -0.4 is 11.1 Å². The Hall–Kier alpha value is -2.23. The third kappa shape index (κ3) is 4.28. The minimum atomic E-state index is -3.60. The Morgan fingerprint density at radius 2 is 1.87 bits per heavy atom. The summed E-state index contributed by atoms with van der Waals surface area (Å²) < 4.78 is 27.7. The minimum absolute atomic E-state index is 0.0178. The lowest BCUT2D eigenvalue weighted by Gasteiger charge is -2.34. The number of piperidine rings is 1. The molecule has 1 fully saturated rings. The first-order valence-corrected chi connectivity index (χ1v) is 12.3. The Kier molecular flexibility index (Phi) is 6.64. The predicted molar refractivity (Wildman–Crippen MR) is 119 cm³/mol. The zero-order valence-corrected chi connectivity index (χ0v) is 19.0. The molecule has 0 radical (unpaired) electrons. The van der Waals surface area contributed by atoms with Crippen LogP contribution in [0.15, 0.2) is 29.2 Å². The molecule has 1 aliphatic heterocycles. The topological polar surface area (TPSA) is 110 Å². The summed E-state index contributed by atoms with van der Waals surface area (Å²) in [5.41, 5.74) is 6.81. The highest BCUT2D eigenvalue weighted by molar-refractivity contribution is 7.89. The van der Waals surface area contributed by atoms with Crippen LogP contribution >= 0.6 is 11.3 Å². The lowest BCUT2D eigenvalue weighted by Crippen LogP contribution is -2.43. The number of amides is 2. The molecule has 0 aliphatic carbocycles. The number of aryl methyl sites for hydroxylation is 1. The van der Waals surface area contributed by atoms with Gasteiger partial charge in [-0.2, -0.15) is 4.31 Å². The van der Waals surface area contributed by atoms with Crippen molar-refractivity contribution in [1.29, 1.82) is 0 Å². The summed E-state index contributed by atoms with van der Waals surface area (Å²) in [6.07, 6.45) is 3.55. The Morgan fingerprint density at radius 1 is 1.20 bits per heavy atom. The summed E-state index contributed by atoms with van der Waals surface area (Å²) in [5, 5.41) is 3.13. The zero-order chi connectivity index (χ0) is 22.1. The van der Waals surface area contributed by atoms with Gasteiger partial charge in [0.15, 0.2) is 0 Å². The van der Waals surface area contributed by atoms with E-state index in [1.54, 1.807) is 11.2 Å². The van der Waals surface area contributed by atoms with E-state index in [0.29, 0.717) is 22.7 Å². The fraction of sp³-hybridized carbons (Fsp3) is 0.429. The highest BCUT2D eigenvalue weighted by atomic mass is 32.2. The van der Waals surface area contributed by atoms with Gasteiger partial charge in [-0.3, -0.25) is 9.59 Å². The van der Waals surface area contributed by atoms with E-state index in [4.69, 9.17) is 5.73 Å². The number of nitrogens with one attached hydrogen (secondary N) is 1. The number of hydrogen-bond acceptors (Lipinski definition) is 5. The number of anilines is 1. The number of carbonyl (C=O) groups is 2. The Labute approximate surface area is 181 Å². The van der Waals surface area contributed by atoms with E-state index >= 15 is 0 Å². The average molecular weight is 450 g/mol. The molecule has 1 aromatic heterocycles. The Morgan fingerprint density at radius 3 is 2.47 bits per heavy atom. The summed E-state index contributed by atoms with van der Waals surface area (Å²) in [6, 6.07) is 5.93. The summed E-state index contributed by atoms with van der Waals surface area (Å²) in [6.45, 7) is 6.16. The molecule has 2 aromatic rings. The van der Waals surface area contributed by atoms with E-state index in [1.807, 2.05) is 13.8 Å². The molecule has 0 spiro atoms. The number of nitrogens with two attached hydrogens (primary N) is 1. The van der Waals surface area contributed by atoms with Gasteiger partial charge in [-0.15, -0.1) is 11.3 Å². The van der Waals surface area contributed by atoms with Gasteiger partial charge < -0.3 is 11.1 Å². The van der Waals surface area contributed by atoms with Crippen molar-refractivity contribution >= 4 is 38.2 Å². The molecule has 1 aromatic carbocycles. The van der Waals surface area contributed by atoms with Crippen LogP contribution in [-0.4, -0.2) is 37.1 Å². The maximum atomic E-state index is 13.1. The van der Waals surface area contributed by atoms with Crippen LogP contribution in [0.2, 0.25) is 0 Å². The Balaban J connectivity index is 1.81. The molecule has 3 N–H and O–H groups in total. The molecular weight excluding hydrogens is 422 g/mol. The predicted octanol–water partition coefficient (Wildman–Crippen LogP) is 3.67. The van der Waals surface area contributed by atoms with Gasteiger partial charge in [0, 0.05) is 23.0 Å². The number of sulfonamides is 1. The molecule has 9 heteroatoms. The molecule has 162 valence electrons. The van der Waals surface area contributed by atoms with Gasteiger partial charge in [0.2, 0.25) is 10.0 Å². The van der Waals surface area contributed by atoms with Gasteiger partial charge in [0.1, 0.15) is 5.00 Å². The number of nitrogens with zero attached hydrogens (tertiary/aromatic N) is 1. The molecular formula is C21H27N3O4S2. The van der Waals surface area contributed by atoms with Crippen molar-refractivity contribution in [2.75, 3.05) is 11.9 Å². The van der Waals surface area contributed by atoms with Crippen molar-refractivity contribution in [3.05, 3.63) is 45.8 Å². The van der Waals surface area contributed by atoms with Crippen molar-refractivity contribution in [2.45, 2.75) is 57.4 Å². The second kappa shape index (κ2) is 8.87. The van der Waals surface area contributed by atoms with Crippen LogP contribution in [0.3, 0.4) is 0 Å². The standard InChI is InChI=1S/C21H27N3O4S2/c1-4-16-7-5-6-12-24(16)30(27,28)17-10-8-15(9-11-17)20(26)23-21-18(19(22)25)13(2)14(3)29-21/h8-11,16H,4-7,12H2,1-3H3,(H2,22,25)(H,23,26). The second-order valence-electron chi connectivity index (χ2n) is 7.50. The summed E-state index contributed by atoms with van der Waals surface area (Å²) in [7, 11) is -3.60. The van der Waals surface area contributed by atoms with Gasteiger partial charge >= 0.3 is 0 Å². The van der Waals surface area contributed by atoms with Gasteiger partial charge in [-0.25, -0.2) is 8.42 Å². The van der Waals surface area contributed by atoms with E-state index in [0.717, 1.165) is 36.1 Å².